The van der Waals surface area contributed by atoms with Crippen LogP contribution in [0, 0.1) is 0 Å². The molecule has 0 spiro atoms. The summed E-state index contributed by atoms with van der Waals surface area (Å²) in [5.74, 6) is 0. The van der Waals surface area contributed by atoms with Gasteiger partial charge in [-0.3, -0.25) is 4.98 Å². The van der Waals surface area contributed by atoms with Gasteiger partial charge < -0.3 is 5.73 Å². The summed E-state index contributed by atoms with van der Waals surface area (Å²) in [4.78, 5) is 3.77. The van der Waals surface area contributed by atoms with E-state index >= 15 is 0 Å². The van der Waals surface area contributed by atoms with Gasteiger partial charge in [-0.2, -0.15) is 13.2 Å². The Hall–Kier alpha value is -1.01. The topological polar surface area (TPSA) is 38.9 Å². The lowest BCUT2D eigenvalue weighted by molar-refractivity contribution is -0.137. The summed E-state index contributed by atoms with van der Waals surface area (Å²) in [5, 5.41) is 0.566. The number of nitrogens with two attached hydrogens (primary N) is 1. The molecule has 1 unspecified atom stereocenters. The van der Waals surface area contributed by atoms with Crippen LogP contribution in [0.4, 0.5) is 13.2 Å². The Morgan fingerprint density at radius 1 is 1.00 bits per heavy atom. The highest BCUT2D eigenvalue weighted by atomic mass is 35.5. The smallest absolute Gasteiger partial charge is 0.319 e. The second-order valence-electron chi connectivity index (χ2n) is 4.00. The van der Waals surface area contributed by atoms with Gasteiger partial charge in [0.1, 0.15) is 0 Å². The largest absolute Gasteiger partial charge is 0.417 e. The molecule has 2 aromatic rings. The third-order valence-electron chi connectivity index (χ3n) is 2.66. The highest BCUT2D eigenvalue weighted by molar-refractivity contribution is 6.30. The van der Waals surface area contributed by atoms with Crippen LogP contribution in [0.15, 0.2) is 42.6 Å². The van der Waals surface area contributed by atoms with E-state index in [1.807, 2.05) is 0 Å². The molecular weight excluding hydrogens is 348 g/mol. The maximum atomic E-state index is 12.4. The molecule has 0 saturated carbocycles. The molecule has 0 amide bonds. The molecule has 2 nitrogen and oxygen atoms in total. The molecule has 8 heteroatoms. The molecule has 1 aromatic heterocycles. The van der Waals surface area contributed by atoms with Crippen LogP contribution in [0.25, 0.3) is 0 Å². The first kappa shape index (κ1) is 20.0. The summed E-state index contributed by atoms with van der Waals surface area (Å²) in [6.07, 6.45) is -3.61. The van der Waals surface area contributed by atoms with Gasteiger partial charge in [0.05, 0.1) is 17.3 Å². The molecule has 0 aliphatic heterocycles. The number of pyridine rings is 1. The third kappa shape index (κ3) is 5.04. The van der Waals surface area contributed by atoms with Gasteiger partial charge in [-0.25, -0.2) is 0 Å². The quantitative estimate of drug-likeness (QED) is 0.848. The predicted molar refractivity (Wildman–Crippen MR) is 81.2 cm³/mol. The lowest BCUT2D eigenvalue weighted by atomic mass is 10.0. The van der Waals surface area contributed by atoms with Crippen LogP contribution in [0.5, 0.6) is 0 Å². The lowest BCUT2D eigenvalue weighted by Gasteiger charge is -2.13. The SMILES string of the molecule is Cl.Cl.NC(c1ccc(Cl)cc1)c1ccc(C(F)(F)F)cn1. The summed E-state index contributed by atoms with van der Waals surface area (Å²) in [6, 6.07) is 8.43. The number of benzene rings is 1. The zero-order chi connectivity index (χ0) is 14.0. The van der Waals surface area contributed by atoms with Crippen molar-refractivity contribution < 1.29 is 13.2 Å². The van der Waals surface area contributed by atoms with E-state index in [-0.39, 0.29) is 24.8 Å². The molecule has 0 radical (unpaired) electrons. The van der Waals surface area contributed by atoms with Crippen molar-refractivity contribution in [1.82, 2.24) is 4.98 Å². The van der Waals surface area contributed by atoms with Crippen LogP contribution in [-0.2, 0) is 6.18 Å². The van der Waals surface area contributed by atoms with Gasteiger partial charge >= 0.3 is 6.18 Å². The molecule has 0 aliphatic carbocycles. The maximum Gasteiger partial charge on any atom is 0.417 e. The minimum Gasteiger partial charge on any atom is -0.319 e. The Labute approximate surface area is 137 Å². The minimum absolute atomic E-state index is 0. The van der Waals surface area contributed by atoms with Gasteiger partial charge in [0.25, 0.3) is 0 Å². The number of hydrogen-bond donors (Lipinski definition) is 1. The molecule has 0 saturated heterocycles. The van der Waals surface area contributed by atoms with Gasteiger partial charge in [0, 0.05) is 11.2 Å². The molecule has 0 bridgehead atoms. The van der Waals surface area contributed by atoms with Crippen LogP contribution in [0.3, 0.4) is 0 Å². The average Bonchev–Trinajstić information content (AvgIpc) is 2.38. The molecular formula is C13H12Cl3F3N2. The van der Waals surface area contributed by atoms with Crippen molar-refractivity contribution in [2.24, 2.45) is 5.73 Å². The molecule has 21 heavy (non-hydrogen) atoms. The summed E-state index contributed by atoms with van der Waals surface area (Å²) >= 11 is 5.75. The number of alkyl halides is 3. The minimum atomic E-state index is -4.39. The van der Waals surface area contributed by atoms with Crippen LogP contribution < -0.4 is 5.73 Å². The molecule has 1 heterocycles. The van der Waals surface area contributed by atoms with Crippen molar-refractivity contribution >= 4 is 36.4 Å². The van der Waals surface area contributed by atoms with Gasteiger partial charge in [0.2, 0.25) is 0 Å². The highest BCUT2D eigenvalue weighted by Crippen LogP contribution is 2.29. The van der Waals surface area contributed by atoms with Crippen molar-refractivity contribution in [2.75, 3.05) is 0 Å². The molecule has 116 valence electrons. The Morgan fingerprint density at radius 2 is 1.57 bits per heavy atom. The summed E-state index contributed by atoms with van der Waals surface area (Å²) in [7, 11) is 0. The number of hydrogen-bond acceptors (Lipinski definition) is 2. The average molecular weight is 360 g/mol. The number of nitrogens with zero attached hydrogens (tertiary/aromatic N) is 1. The first-order chi connectivity index (χ1) is 8.88. The van der Waals surface area contributed by atoms with Crippen LogP contribution >= 0.6 is 36.4 Å². The van der Waals surface area contributed by atoms with Crippen LogP contribution in [-0.4, -0.2) is 4.98 Å². The summed E-state index contributed by atoms with van der Waals surface area (Å²) < 4.78 is 37.2. The van der Waals surface area contributed by atoms with Crippen molar-refractivity contribution in [3.8, 4) is 0 Å². The Bertz CT molecular complexity index is 556. The second kappa shape index (κ2) is 7.84. The first-order valence-corrected chi connectivity index (χ1v) is 5.80. The van der Waals surface area contributed by atoms with E-state index in [4.69, 9.17) is 17.3 Å². The molecule has 1 aromatic carbocycles. The first-order valence-electron chi connectivity index (χ1n) is 5.42. The standard InChI is InChI=1S/C13H10ClF3N2.2ClH/c14-10-4-1-8(2-5-10)12(18)11-6-3-9(7-19-11)13(15,16)17;;/h1-7,12H,18H2;2*1H. The monoisotopic (exact) mass is 358 g/mol. The Balaban J connectivity index is 0.00000200. The van der Waals surface area contributed by atoms with Crippen molar-refractivity contribution in [1.29, 1.82) is 0 Å². The van der Waals surface area contributed by atoms with Gasteiger partial charge in [0.15, 0.2) is 0 Å². The summed E-state index contributed by atoms with van der Waals surface area (Å²) in [6.45, 7) is 0. The van der Waals surface area contributed by atoms with Crippen molar-refractivity contribution in [3.05, 3.63) is 64.4 Å². The zero-order valence-corrected chi connectivity index (χ0v) is 12.9. The van der Waals surface area contributed by atoms with E-state index in [2.05, 4.69) is 4.98 Å². The second-order valence-corrected chi connectivity index (χ2v) is 4.44. The Kier molecular flexibility index (Phi) is 7.47. The van der Waals surface area contributed by atoms with E-state index in [0.717, 1.165) is 17.8 Å². The fourth-order valence-corrected chi connectivity index (χ4v) is 1.72. The maximum absolute atomic E-state index is 12.4. The number of aromatic nitrogens is 1. The van der Waals surface area contributed by atoms with E-state index in [1.54, 1.807) is 24.3 Å². The molecule has 2 rings (SSSR count). The van der Waals surface area contributed by atoms with Gasteiger partial charge in [-0.1, -0.05) is 23.7 Å². The van der Waals surface area contributed by atoms with Gasteiger partial charge in [-0.05, 0) is 29.8 Å². The van der Waals surface area contributed by atoms with E-state index < -0.39 is 17.8 Å². The van der Waals surface area contributed by atoms with Crippen molar-refractivity contribution in [3.63, 3.8) is 0 Å². The van der Waals surface area contributed by atoms with E-state index in [0.29, 0.717) is 10.7 Å². The summed E-state index contributed by atoms with van der Waals surface area (Å²) in [5.41, 5.74) is 6.25. The van der Waals surface area contributed by atoms with Crippen molar-refractivity contribution in [2.45, 2.75) is 12.2 Å². The lowest BCUT2D eigenvalue weighted by Crippen LogP contribution is -2.14. The highest BCUT2D eigenvalue weighted by Gasteiger charge is 2.30. The fraction of sp³-hybridized carbons (Fsp3) is 0.154. The molecule has 0 aliphatic rings. The number of rotatable bonds is 2. The van der Waals surface area contributed by atoms with Crippen LogP contribution in [0.1, 0.15) is 22.9 Å². The van der Waals surface area contributed by atoms with Gasteiger partial charge in [-0.15, -0.1) is 24.8 Å². The van der Waals surface area contributed by atoms with E-state index in [9.17, 15) is 13.2 Å². The van der Waals surface area contributed by atoms with Crippen LogP contribution in [0.2, 0.25) is 5.02 Å². The molecule has 0 fully saturated rings. The predicted octanol–water partition coefficient (Wildman–Crippen LogP) is 4.65. The molecule has 1 atom stereocenters. The Morgan fingerprint density at radius 3 is 2.00 bits per heavy atom. The molecule has 2 N–H and O–H groups in total. The third-order valence-corrected chi connectivity index (χ3v) is 2.91. The zero-order valence-electron chi connectivity index (χ0n) is 10.5. The van der Waals surface area contributed by atoms with E-state index in [1.165, 1.54) is 6.07 Å². The normalized spacial score (nSPS) is 12.0. The fourth-order valence-electron chi connectivity index (χ4n) is 1.60. The number of halogens is 6.